The average Bonchev–Trinajstić information content (AvgIpc) is 2.71. The van der Waals surface area contributed by atoms with Crippen LogP contribution < -0.4 is 20.1 Å². The summed E-state index contributed by atoms with van der Waals surface area (Å²) >= 11 is 0. The predicted molar refractivity (Wildman–Crippen MR) is 124 cm³/mol. The second-order valence-corrected chi connectivity index (χ2v) is 9.73. The van der Waals surface area contributed by atoms with Crippen molar-refractivity contribution in [1.82, 2.24) is 29.9 Å². The van der Waals surface area contributed by atoms with E-state index in [1.807, 2.05) is 41.5 Å². The number of nitrogens with zero attached hydrogens (tertiary/aromatic N) is 7. The second-order valence-electron chi connectivity index (χ2n) is 9.73. The van der Waals surface area contributed by atoms with Gasteiger partial charge in [0, 0.05) is 19.3 Å². The van der Waals surface area contributed by atoms with Gasteiger partial charge >= 0.3 is 6.01 Å². The lowest BCUT2D eigenvalue weighted by Gasteiger charge is -2.28. The molecule has 1 saturated heterocycles. The first-order valence-electron chi connectivity index (χ1n) is 10.9. The summed E-state index contributed by atoms with van der Waals surface area (Å²) in [6, 6.07) is 0.226. The molecule has 3 aromatic rings. The third kappa shape index (κ3) is 5.54. The molecule has 1 fully saturated rings. The molecule has 0 saturated carbocycles. The van der Waals surface area contributed by atoms with Crippen LogP contribution in [0.15, 0.2) is 12.4 Å². The average molecular weight is 455 g/mol. The fourth-order valence-corrected chi connectivity index (χ4v) is 3.25. The van der Waals surface area contributed by atoms with Gasteiger partial charge in [-0.25, -0.2) is 15.0 Å². The van der Waals surface area contributed by atoms with E-state index in [0.29, 0.717) is 60.4 Å². The monoisotopic (exact) mass is 454 g/mol. The van der Waals surface area contributed by atoms with E-state index in [-0.39, 0.29) is 12.0 Å². The molecule has 0 aromatic carbocycles. The number of nitrogens with two attached hydrogens (primary N) is 1. The molecule has 0 amide bonds. The van der Waals surface area contributed by atoms with Crippen molar-refractivity contribution in [3.05, 3.63) is 12.4 Å². The molecule has 0 radical (unpaired) electrons. The molecular weight excluding hydrogens is 424 g/mol. The SMILES string of the molecule is CC(C)(C)Oc1ncc(-c2cnc3nc(N)nc(N4CCOCC4)c3n2)c(OC(C)(C)C)n1. The highest BCUT2D eigenvalue weighted by Gasteiger charge is 2.24. The van der Waals surface area contributed by atoms with Gasteiger partial charge in [-0.15, -0.1) is 0 Å². The number of hydrogen-bond donors (Lipinski definition) is 1. The van der Waals surface area contributed by atoms with Gasteiger partial charge in [0.15, 0.2) is 17.0 Å². The Bertz CT molecular complexity index is 1150. The maximum atomic E-state index is 6.14. The van der Waals surface area contributed by atoms with Gasteiger partial charge in [-0.1, -0.05) is 0 Å². The van der Waals surface area contributed by atoms with Crippen LogP contribution in [0.2, 0.25) is 0 Å². The number of morpholine rings is 1. The van der Waals surface area contributed by atoms with Crippen molar-refractivity contribution in [2.45, 2.75) is 52.7 Å². The second kappa shape index (κ2) is 8.54. The summed E-state index contributed by atoms with van der Waals surface area (Å²) in [5.41, 5.74) is 7.07. The van der Waals surface area contributed by atoms with E-state index >= 15 is 0 Å². The summed E-state index contributed by atoms with van der Waals surface area (Å²) in [6.45, 7) is 14.2. The lowest BCUT2D eigenvalue weighted by atomic mass is 10.2. The van der Waals surface area contributed by atoms with Crippen molar-refractivity contribution in [2.24, 2.45) is 0 Å². The van der Waals surface area contributed by atoms with Gasteiger partial charge in [-0.2, -0.15) is 15.0 Å². The Balaban J connectivity index is 1.82. The van der Waals surface area contributed by atoms with E-state index in [1.165, 1.54) is 0 Å². The summed E-state index contributed by atoms with van der Waals surface area (Å²) in [4.78, 5) is 29.0. The predicted octanol–water partition coefficient (Wildman–Crippen LogP) is 2.65. The number of fused-ring (bicyclic) bond motifs is 1. The smallest absolute Gasteiger partial charge is 0.320 e. The molecule has 176 valence electrons. The molecule has 3 aromatic heterocycles. The van der Waals surface area contributed by atoms with Gasteiger partial charge in [0.2, 0.25) is 11.8 Å². The number of rotatable bonds is 4. The van der Waals surface area contributed by atoms with Crippen molar-refractivity contribution in [3.63, 3.8) is 0 Å². The Kier molecular flexibility index (Phi) is 5.91. The van der Waals surface area contributed by atoms with E-state index < -0.39 is 11.2 Å². The number of ether oxygens (including phenoxy) is 3. The highest BCUT2D eigenvalue weighted by atomic mass is 16.5. The Labute approximate surface area is 192 Å². The van der Waals surface area contributed by atoms with Crippen molar-refractivity contribution < 1.29 is 14.2 Å². The summed E-state index contributed by atoms with van der Waals surface area (Å²) in [5.74, 6) is 1.13. The quantitative estimate of drug-likeness (QED) is 0.623. The molecule has 1 aliphatic rings. The fourth-order valence-electron chi connectivity index (χ4n) is 3.25. The first-order valence-corrected chi connectivity index (χ1v) is 10.9. The van der Waals surface area contributed by atoms with Gasteiger partial charge in [0.05, 0.1) is 30.7 Å². The minimum Gasteiger partial charge on any atom is -0.471 e. The van der Waals surface area contributed by atoms with Gasteiger partial charge in [0.1, 0.15) is 11.2 Å². The minimum absolute atomic E-state index is 0.148. The Morgan fingerprint density at radius 3 is 2.24 bits per heavy atom. The number of aromatic nitrogens is 6. The van der Waals surface area contributed by atoms with E-state index in [1.54, 1.807) is 12.4 Å². The molecule has 1 aliphatic heterocycles. The molecule has 0 unspecified atom stereocenters. The topological polar surface area (TPSA) is 134 Å². The van der Waals surface area contributed by atoms with Gasteiger partial charge in [0.25, 0.3) is 0 Å². The third-order valence-electron chi connectivity index (χ3n) is 4.52. The molecule has 11 heteroatoms. The Morgan fingerprint density at radius 2 is 1.58 bits per heavy atom. The first-order chi connectivity index (χ1) is 15.5. The van der Waals surface area contributed by atoms with Crippen LogP contribution in [-0.4, -0.2) is 67.4 Å². The fraction of sp³-hybridized carbons (Fsp3) is 0.545. The van der Waals surface area contributed by atoms with Gasteiger partial charge in [-0.05, 0) is 41.5 Å². The van der Waals surface area contributed by atoms with Crippen LogP contribution in [0.25, 0.3) is 22.4 Å². The van der Waals surface area contributed by atoms with Crippen molar-refractivity contribution in [3.8, 4) is 23.1 Å². The molecule has 4 heterocycles. The zero-order valence-corrected chi connectivity index (χ0v) is 19.9. The summed E-state index contributed by atoms with van der Waals surface area (Å²) in [7, 11) is 0. The van der Waals surface area contributed by atoms with Crippen LogP contribution in [-0.2, 0) is 4.74 Å². The molecular formula is C22H30N8O3. The van der Waals surface area contributed by atoms with Crippen LogP contribution in [0.1, 0.15) is 41.5 Å². The molecule has 0 spiro atoms. The van der Waals surface area contributed by atoms with E-state index in [4.69, 9.17) is 24.9 Å². The van der Waals surface area contributed by atoms with Gasteiger partial charge in [-0.3, -0.25) is 0 Å². The van der Waals surface area contributed by atoms with Crippen LogP contribution in [0.3, 0.4) is 0 Å². The van der Waals surface area contributed by atoms with Crippen LogP contribution >= 0.6 is 0 Å². The number of hydrogen-bond acceptors (Lipinski definition) is 11. The van der Waals surface area contributed by atoms with Crippen LogP contribution in [0, 0.1) is 0 Å². The van der Waals surface area contributed by atoms with Crippen molar-refractivity contribution in [2.75, 3.05) is 36.9 Å². The Morgan fingerprint density at radius 1 is 0.879 bits per heavy atom. The minimum atomic E-state index is -0.497. The van der Waals surface area contributed by atoms with Gasteiger partial charge < -0.3 is 24.8 Å². The van der Waals surface area contributed by atoms with E-state index in [9.17, 15) is 0 Å². The lowest BCUT2D eigenvalue weighted by molar-refractivity contribution is 0.103. The first kappa shape index (κ1) is 22.8. The zero-order chi connectivity index (χ0) is 23.8. The van der Waals surface area contributed by atoms with Crippen LogP contribution in [0.4, 0.5) is 11.8 Å². The molecule has 0 aliphatic carbocycles. The largest absolute Gasteiger partial charge is 0.471 e. The highest BCUT2D eigenvalue weighted by molar-refractivity contribution is 5.86. The molecule has 2 N–H and O–H groups in total. The maximum absolute atomic E-state index is 6.14. The van der Waals surface area contributed by atoms with Crippen molar-refractivity contribution in [1.29, 1.82) is 0 Å². The summed E-state index contributed by atoms with van der Waals surface area (Å²) in [6.07, 6.45) is 3.24. The molecule has 0 bridgehead atoms. The lowest BCUT2D eigenvalue weighted by Crippen LogP contribution is -2.37. The van der Waals surface area contributed by atoms with E-state index in [0.717, 1.165) is 0 Å². The molecule has 0 atom stereocenters. The molecule has 4 rings (SSSR count). The summed E-state index contributed by atoms with van der Waals surface area (Å²) in [5, 5.41) is 0. The number of nitrogen functional groups attached to an aromatic ring is 1. The van der Waals surface area contributed by atoms with E-state index in [2.05, 4.69) is 29.8 Å². The molecule has 33 heavy (non-hydrogen) atoms. The van der Waals surface area contributed by atoms with Crippen LogP contribution in [0.5, 0.6) is 11.9 Å². The maximum Gasteiger partial charge on any atom is 0.320 e. The Hall–Kier alpha value is -3.34. The van der Waals surface area contributed by atoms with Crippen molar-refractivity contribution >= 4 is 22.9 Å². The zero-order valence-electron chi connectivity index (χ0n) is 19.9. The molecule has 11 nitrogen and oxygen atoms in total. The third-order valence-corrected chi connectivity index (χ3v) is 4.52. The highest BCUT2D eigenvalue weighted by Crippen LogP contribution is 2.33. The standard InChI is InChI=1S/C22H30N8O3/c1-21(2,3)32-18-13(11-25-20(29-18)33-22(4,5)6)14-12-24-16-15(26-14)17(28-19(23)27-16)30-7-9-31-10-8-30/h11-12H,7-10H2,1-6H3,(H2,23,24,27,28). The summed E-state index contributed by atoms with van der Waals surface area (Å²) < 4.78 is 17.4. The number of anilines is 2. The normalized spacial score (nSPS) is 15.0.